The second kappa shape index (κ2) is 6.55. The Bertz CT molecular complexity index is 308. The topological polar surface area (TPSA) is 99.1 Å². The zero-order chi connectivity index (χ0) is 13.7. The van der Waals surface area contributed by atoms with Crippen LogP contribution in [0.25, 0.3) is 0 Å². The first-order valence-electron chi connectivity index (χ1n) is 5.94. The van der Waals surface area contributed by atoms with E-state index in [2.05, 4.69) is 5.32 Å². The van der Waals surface area contributed by atoms with Gasteiger partial charge in [0.15, 0.2) is 6.04 Å². The summed E-state index contributed by atoms with van der Waals surface area (Å²) < 4.78 is 5.18. The fourth-order valence-corrected chi connectivity index (χ4v) is 1.93. The number of carboxylic acid groups (broad SMARTS) is 1. The van der Waals surface area contributed by atoms with E-state index in [0.717, 1.165) is 12.8 Å². The van der Waals surface area contributed by atoms with Crippen LogP contribution < -0.4 is 5.32 Å². The first kappa shape index (κ1) is 14.7. The molecule has 0 saturated carbocycles. The number of aliphatic hydroxyl groups excluding tert-OH is 1. The summed E-state index contributed by atoms with van der Waals surface area (Å²) in [6, 6.07) is -1.77. The molecule has 0 aromatic carbocycles. The number of ether oxygens (including phenoxy) is 1. The molecular formula is C11H20N2O5. The van der Waals surface area contributed by atoms with Crippen LogP contribution in [0.1, 0.15) is 19.8 Å². The van der Waals surface area contributed by atoms with Crippen LogP contribution >= 0.6 is 0 Å². The molecule has 1 aliphatic rings. The normalized spacial score (nSPS) is 23.3. The number of aliphatic hydroxyl groups is 1. The lowest BCUT2D eigenvalue weighted by atomic mass is 10.1. The molecule has 0 aromatic heterocycles. The van der Waals surface area contributed by atoms with Gasteiger partial charge < -0.3 is 25.2 Å². The smallest absolute Gasteiger partial charge is 0.328 e. The summed E-state index contributed by atoms with van der Waals surface area (Å²) in [5.41, 5.74) is 0. The number of hydrogen-bond donors (Lipinski definition) is 3. The van der Waals surface area contributed by atoms with Crippen LogP contribution in [0, 0.1) is 0 Å². The summed E-state index contributed by atoms with van der Waals surface area (Å²) in [4.78, 5) is 24.2. The van der Waals surface area contributed by atoms with E-state index in [0.29, 0.717) is 13.1 Å². The first-order chi connectivity index (χ1) is 8.45. The van der Waals surface area contributed by atoms with Crippen LogP contribution in [0.15, 0.2) is 0 Å². The summed E-state index contributed by atoms with van der Waals surface area (Å²) in [5, 5.41) is 20.5. The number of carbonyl (C=O) groups is 2. The Kier molecular flexibility index (Phi) is 5.36. The van der Waals surface area contributed by atoms with Crippen LogP contribution in [-0.4, -0.2) is 65.6 Å². The second-order valence-electron chi connectivity index (χ2n) is 4.45. The average molecular weight is 260 g/mol. The lowest BCUT2D eigenvalue weighted by Gasteiger charge is -2.33. The second-order valence-corrected chi connectivity index (χ2v) is 4.45. The van der Waals surface area contributed by atoms with E-state index in [9.17, 15) is 14.7 Å². The van der Waals surface area contributed by atoms with Crippen molar-refractivity contribution in [3.63, 3.8) is 0 Å². The number of rotatable bonds is 4. The molecule has 3 atom stereocenters. The van der Waals surface area contributed by atoms with Gasteiger partial charge in [-0.15, -0.1) is 0 Å². The van der Waals surface area contributed by atoms with Crippen molar-refractivity contribution < 1.29 is 24.5 Å². The molecular weight excluding hydrogens is 240 g/mol. The largest absolute Gasteiger partial charge is 0.480 e. The van der Waals surface area contributed by atoms with Crippen molar-refractivity contribution in [2.24, 2.45) is 0 Å². The fraction of sp³-hybridized carbons (Fsp3) is 0.818. The van der Waals surface area contributed by atoms with E-state index in [4.69, 9.17) is 9.84 Å². The average Bonchev–Trinajstić information content (AvgIpc) is 2.34. The van der Waals surface area contributed by atoms with Crippen LogP contribution in [0.2, 0.25) is 0 Å². The number of aliphatic carboxylic acids is 1. The molecule has 0 radical (unpaired) electrons. The molecule has 1 heterocycles. The SMILES string of the molecule is COC1CCCN(C(=O)NC(C(=O)O)C(C)O)C1. The zero-order valence-corrected chi connectivity index (χ0v) is 10.6. The summed E-state index contributed by atoms with van der Waals surface area (Å²) in [6.07, 6.45) is 0.547. The van der Waals surface area contributed by atoms with Gasteiger partial charge >= 0.3 is 12.0 Å². The number of likely N-dealkylation sites (tertiary alicyclic amines) is 1. The molecule has 2 amide bonds. The minimum absolute atomic E-state index is 0.0145. The fourth-order valence-electron chi connectivity index (χ4n) is 1.93. The number of urea groups is 1. The van der Waals surface area contributed by atoms with Crippen molar-refractivity contribution in [1.29, 1.82) is 0 Å². The Hall–Kier alpha value is -1.34. The van der Waals surface area contributed by atoms with Gasteiger partial charge in [0.2, 0.25) is 0 Å². The molecule has 18 heavy (non-hydrogen) atoms. The molecule has 0 spiro atoms. The number of methoxy groups -OCH3 is 1. The van der Waals surface area contributed by atoms with Crippen molar-refractivity contribution in [3.05, 3.63) is 0 Å². The van der Waals surface area contributed by atoms with Crippen LogP contribution in [0.4, 0.5) is 4.79 Å². The number of carboxylic acids is 1. The molecule has 7 heteroatoms. The van der Waals surface area contributed by atoms with Crippen LogP contribution in [0.5, 0.6) is 0 Å². The van der Waals surface area contributed by atoms with Gasteiger partial charge in [-0.3, -0.25) is 0 Å². The molecule has 0 aromatic rings. The summed E-state index contributed by atoms with van der Waals surface area (Å²) in [7, 11) is 1.59. The first-order valence-corrected chi connectivity index (χ1v) is 5.94. The highest BCUT2D eigenvalue weighted by molar-refractivity contribution is 5.83. The van der Waals surface area contributed by atoms with Crippen molar-refractivity contribution in [2.75, 3.05) is 20.2 Å². The molecule has 1 saturated heterocycles. The highest BCUT2D eigenvalue weighted by Crippen LogP contribution is 2.12. The molecule has 3 N–H and O–H groups in total. The number of nitrogens with one attached hydrogen (secondary N) is 1. The lowest BCUT2D eigenvalue weighted by molar-refractivity contribution is -0.141. The quantitative estimate of drug-likeness (QED) is 0.641. The number of carbonyl (C=O) groups excluding carboxylic acids is 1. The Morgan fingerprint density at radius 3 is 2.67 bits per heavy atom. The van der Waals surface area contributed by atoms with Crippen molar-refractivity contribution in [2.45, 2.75) is 38.0 Å². The molecule has 7 nitrogen and oxygen atoms in total. The standard InChI is InChI=1S/C11H20N2O5/c1-7(14)9(10(15)16)12-11(17)13-5-3-4-8(6-13)18-2/h7-9,14H,3-6H2,1-2H3,(H,12,17)(H,15,16). The Morgan fingerprint density at radius 1 is 1.50 bits per heavy atom. The summed E-state index contributed by atoms with van der Waals surface area (Å²) in [6.45, 7) is 2.33. The predicted octanol–water partition coefficient (Wildman–Crippen LogP) is -0.359. The van der Waals surface area contributed by atoms with E-state index in [-0.39, 0.29) is 6.10 Å². The molecule has 104 valence electrons. The maximum absolute atomic E-state index is 11.9. The third-order valence-corrected chi connectivity index (χ3v) is 3.03. The van der Waals surface area contributed by atoms with Crippen molar-refractivity contribution >= 4 is 12.0 Å². The monoisotopic (exact) mass is 260 g/mol. The molecule has 0 bridgehead atoms. The maximum Gasteiger partial charge on any atom is 0.328 e. The Labute approximate surface area is 106 Å². The summed E-state index contributed by atoms with van der Waals surface area (Å²) >= 11 is 0. The van der Waals surface area contributed by atoms with E-state index < -0.39 is 24.1 Å². The van der Waals surface area contributed by atoms with Gasteiger partial charge in [-0.05, 0) is 19.8 Å². The van der Waals surface area contributed by atoms with E-state index in [1.807, 2.05) is 0 Å². The van der Waals surface area contributed by atoms with Gasteiger partial charge in [0.1, 0.15) is 0 Å². The van der Waals surface area contributed by atoms with Crippen molar-refractivity contribution in [3.8, 4) is 0 Å². The van der Waals surface area contributed by atoms with Gasteiger partial charge in [-0.25, -0.2) is 9.59 Å². The highest BCUT2D eigenvalue weighted by atomic mass is 16.5. The van der Waals surface area contributed by atoms with Crippen LogP contribution in [-0.2, 0) is 9.53 Å². The molecule has 3 unspecified atom stereocenters. The highest BCUT2D eigenvalue weighted by Gasteiger charge is 2.29. The third-order valence-electron chi connectivity index (χ3n) is 3.03. The molecule has 1 aliphatic heterocycles. The predicted molar refractivity (Wildman–Crippen MR) is 63.2 cm³/mol. The molecule has 1 rings (SSSR count). The number of piperidine rings is 1. The van der Waals surface area contributed by atoms with Gasteiger partial charge in [-0.1, -0.05) is 0 Å². The minimum Gasteiger partial charge on any atom is -0.480 e. The van der Waals surface area contributed by atoms with E-state index >= 15 is 0 Å². The van der Waals surface area contributed by atoms with E-state index in [1.165, 1.54) is 11.8 Å². The van der Waals surface area contributed by atoms with Crippen molar-refractivity contribution in [1.82, 2.24) is 10.2 Å². The maximum atomic E-state index is 11.9. The van der Waals surface area contributed by atoms with Crippen LogP contribution in [0.3, 0.4) is 0 Å². The zero-order valence-electron chi connectivity index (χ0n) is 10.6. The van der Waals surface area contributed by atoms with Gasteiger partial charge in [-0.2, -0.15) is 0 Å². The summed E-state index contributed by atoms with van der Waals surface area (Å²) in [5.74, 6) is -1.25. The van der Waals surface area contributed by atoms with Gasteiger partial charge in [0, 0.05) is 20.2 Å². The third kappa shape index (κ3) is 3.85. The van der Waals surface area contributed by atoms with E-state index in [1.54, 1.807) is 7.11 Å². The van der Waals surface area contributed by atoms with Gasteiger partial charge in [0.25, 0.3) is 0 Å². The lowest BCUT2D eigenvalue weighted by Crippen LogP contribution is -2.54. The minimum atomic E-state index is -1.29. The number of nitrogens with zero attached hydrogens (tertiary/aromatic N) is 1. The number of amides is 2. The Morgan fingerprint density at radius 2 is 2.17 bits per heavy atom. The Balaban J connectivity index is 2.55. The number of hydrogen-bond acceptors (Lipinski definition) is 4. The molecule has 0 aliphatic carbocycles. The molecule has 1 fully saturated rings. The van der Waals surface area contributed by atoms with Gasteiger partial charge in [0.05, 0.1) is 12.2 Å².